The van der Waals surface area contributed by atoms with Crippen LogP contribution < -0.4 is 10.1 Å². The minimum atomic E-state index is -0.374. The first kappa shape index (κ1) is 23.6. The van der Waals surface area contributed by atoms with Crippen molar-refractivity contribution >= 4 is 45.6 Å². The lowest BCUT2D eigenvalue weighted by molar-refractivity contribution is -0.113. The number of hydrogen-bond acceptors (Lipinski definition) is 7. The van der Waals surface area contributed by atoms with Gasteiger partial charge in [0.1, 0.15) is 16.8 Å². The van der Waals surface area contributed by atoms with Gasteiger partial charge in [-0.25, -0.2) is 0 Å². The Morgan fingerprint density at radius 1 is 1.39 bits per heavy atom. The molecule has 1 aliphatic rings. The van der Waals surface area contributed by atoms with Gasteiger partial charge in [0.25, 0.3) is 0 Å². The van der Waals surface area contributed by atoms with E-state index in [1.165, 1.54) is 28.0 Å². The predicted octanol–water partition coefficient (Wildman–Crippen LogP) is 5.46. The minimum absolute atomic E-state index is 0.165. The molecule has 1 N–H and O–H groups in total. The molecule has 0 fully saturated rings. The molecule has 1 amide bonds. The fraction of sp³-hybridized carbons (Fsp3) is 0.391. The number of hydrogen-bond donors (Lipinski definition) is 1. The number of thioether (sulfide) groups is 1. The molecule has 0 spiro atoms. The molecular weight excluding hydrogens is 478 g/mol. The van der Waals surface area contributed by atoms with Crippen molar-refractivity contribution in [2.24, 2.45) is 7.05 Å². The zero-order chi connectivity index (χ0) is 23.5. The molecule has 2 aromatic heterocycles. The van der Waals surface area contributed by atoms with E-state index >= 15 is 0 Å². The predicted molar refractivity (Wildman–Crippen MR) is 131 cm³/mol. The van der Waals surface area contributed by atoms with Crippen molar-refractivity contribution in [3.63, 3.8) is 0 Å². The molecule has 0 saturated carbocycles. The highest BCUT2D eigenvalue weighted by atomic mass is 35.5. The van der Waals surface area contributed by atoms with Crippen LogP contribution in [0, 0.1) is 18.3 Å². The van der Waals surface area contributed by atoms with E-state index < -0.39 is 0 Å². The number of rotatable bonds is 7. The summed E-state index contributed by atoms with van der Waals surface area (Å²) in [5.41, 5.74) is 2.78. The third-order valence-electron chi connectivity index (χ3n) is 5.49. The number of amides is 1. The van der Waals surface area contributed by atoms with E-state index in [0.717, 1.165) is 36.8 Å². The summed E-state index contributed by atoms with van der Waals surface area (Å²) in [4.78, 5) is 13.8. The maximum absolute atomic E-state index is 12.6. The number of benzene rings is 1. The van der Waals surface area contributed by atoms with Gasteiger partial charge in [-0.05, 0) is 62.8 Å². The number of fused-ring (bicyclic) bond motifs is 1. The molecule has 1 aliphatic carbocycles. The Hall–Kier alpha value is -2.54. The summed E-state index contributed by atoms with van der Waals surface area (Å²) >= 11 is 9.06. The lowest BCUT2D eigenvalue weighted by Gasteiger charge is -2.15. The van der Waals surface area contributed by atoms with Crippen LogP contribution in [-0.2, 0) is 24.7 Å². The van der Waals surface area contributed by atoms with Crippen LogP contribution in [0.3, 0.4) is 0 Å². The maximum atomic E-state index is 12.6. The van der Waals surface area contributed by atoms with Gasteiger partial charge in [0.05, 0.1) is 16.3 Å². The van der Waals surface area contributed by atoms with Gasteiger partial charge in [0.2, 0.25) is 5.91 Å². The molecule has 3 aromatic rings. The number of carbonyl (C=O) groups is 1. The molecule has 7 nitrogen and oxygen atoms in total. The number of aryl methyl sites for hydroxylation is 2. The van der Waals surface area contributed by atoms with E-state index in [4.69, 9.17) is 16.3 Å². The minimum Gasteiger partial charge on any atom is -0.481 e. The van der Waals surface area contributed by atoms with E-state index in [-0.39, 0.29) is 17.8 Å². The van der Waals surface area contributed by atoms with Crippen molar-refractivity contribution in [2.45, 2.75) is 50.8 Å². The first-order chi connectivity index (χ1) is 15.9. The summed E-state index contributed by atoms with van der Waals surface area (Å²) in [5, 5.41) is 22.8. The molecule has 33 heavy (non-hydrogen) atoms. The number of anilines is 1. The third-order valence-corrected chi connectivity index (χ3v) is 8.03. The smallest absolute Gasteiger partial charge is 0.235 e. The van der Waals surface area contributed by atoms with Crippen LogP contribution in [0.15, 0.2) is 23.4 Å². The van der Waals surface area contributed by atoms with Crippen molar-refractivity contribution < 1.29 is 9.53 Å². The second-order valence-electron chi connectivity index (χ2n) is 7.96. The van der Waals surface area contributed by atoms with Crippen molar-refractivity contribution in [3.05, 3.63) is 50.6 Å². The number of aromatic nitrogens is 3. The van der Waals surface area contributed by atoms with Crippen molar-refractivity contribution in [1.29, 1.82) is 5.26 Å². The topological polar surface area (TPSA) is 92.8 Å². The average molecular weight is 502 g/mol. The Morgan fingerprint density at radius 3 is 2.97 bits per heavy atom. The van der Waals surface area contributed by atoms with E-state index in [2.05, 4.69) is 21.6 Å². The number of carbonyl (C=O) groups excluding carboxylic acids is 1. The van der Waals surface area contributed by atoms with Crippen LogP contribution in [0.2, 0.25) is 5.02 Å². The van der Waals surface area contributed by atoms with Gasteiger partial charge in [0.15, 0.2) is 17.1 Å². The number of ether oxygens (including phenoxy) is 1. The highest BCUT2D eigenvalue weighted by Crippen LogP contribution is 2.37. The lowest BCUT2D eigenvalue weighted by Crippen LogP contribution is -2.15. The molecule has 2 heterocycles. The molecule has 1 aromatic carbocycles. The van der Waals surface area contributed by atoms with Crippen LogP contribution >= 0.6 is 34.7 Å². The zero-order valence-corrected chi connectivity index (χ0v) is 21.0. The fourth-order valence-electron chi connectivity index (χ4n) is 3.81. The van der Waals surface area contributed by atoms with Crippen LogP contribution in [0.1, 0.15) is 53.3 Å². The second kappa shape index (κ2) is 10.2. The Bertz CT molecular complexity index is 1230. The summed E-state index contributed by atoms with van der Waals surface area (Å²) in [6, 6.07) is 7.88. The second-order valence-corrected chi connectivity index (χ2v) is 10.4. The number of nitrogens with one attached hydrogen (secondary N) is 1. The monoisotopic (exact) mass is 501 g/mol. The van der Waals surface area contributed by atoms with Crippen molar-refractivity contribution in [3.8, 4) is 11.8 Å². The first-order valence-electron chi connectivity index (χ1n) is 10.7. The van der Waals surface area contributed by atoms with Gasteiger partial charge >= 0.3 is 0 Å². The Kier molecular flexibility index (Phi) is 7.27. The normalized spacial score (nSPS) is 13.8. The number of halogens is 1. The third kappa shape index (κ3) is 5.18. The van der Waals surface area contributed by atoms with E-state index in [9.17, 15) is 10.1 Å². The van der Waals surface area contributed by atoms with Gasteiger partial charge in [-0.1, -0.05) is 29.4 Å². The molecule has 172 valence electrons. The van der Waals surface area contributed by atoms with Crippen LogP contribution in [0.4, 0.5) is 5.00 Å². The molecule has 0 aliphatic heterocycles. The SMILES string of the molecule is Cc1ccc(Cl)c(OC(C)c2nnc(SCC(=O)Nc3sc4c(c3C#N)CCCC4)n2C)c1. The molecular formula is C23H24ClN5O2S2. The summed E-state index contributed by atoms with van der Waals surface area (Å²) < 4.78 is 7.82. The number of nitrogens with zero attached hydrogens (tertiary/aromatic N) is 4. The largest absolute Gasteiger partial charge is 0.481 e. The standard InChI is InChI=1S/C23H24ClN5O2S2/c1-13-8-9-17(24)18(10-13)31-14(2)21-27-28-23(29(21)3)32-12-20(30)26-22-16(11-25)15-6-4-5-7-19(15)33-22/h8-10,14H,4-7,12H2,1-3H3,(H,26,30). The summed E-state index contributed by atoms with van der Waals surface area (Å²) in [6.45, 7) is 3.85. The first-order valence-corrected chi connectivity index (χ1v) is 12.8. The lowest BCUT2D eigenvalue weighted by atomic mass is 9.96. The van der Waals surface area contributed by atoms with E-state index in [1.54, 1.807) is 6.07 Å². The van der Waals surface area contributed by atoms with Crippen LogP contribution in [0.5, 0.6) is 5.75 Å². The average Bonchev–Trinajstić information content (AvgIpc) is 3.34. The van der Waals surface area contributed by atoms with Crippen molar-refractivity contribution in [2.75, 3.05) is 11.1 Å². The van der Waals surface area contributed by atoms with Gasteiger partial charge in [0, 0.05) is 11.9 Å². The maximum Gasteiger partial charge on any atom is 0.235 e. The molecule has 4 rings (SSSR count). The molecule has 10 heteroatoms. The number of thiophene rings is 1. The zero-order valence-electron chi connectivity index (χ0n) is 18.6. The van der Waals surface area contributed by atoms with E-state index in [0.29, 0.717) is 32.3 Å². The fourth-order valence-corrected chi connectivity index (χ4v) is 5.95. The summed E-state index contributed by atoms with van der Waals surface area (Å²) in [6.07, 6.45) is 3.74. The van der Waals surface area contributed by atoms with Gasteiger partial charge in [-0.2, -0.15) is 5.26 Å². The highest BCUT2D eigenvalue weighted by Gasteiger charge is 2.23. The van der Waals surface area contributed by atoms with Gasteiger partial charge in [-0.3, -0.25) is 4.79 Å². The van der Waals surface area contributed by atoms with Crippen molar-refractivity contribution in [1.82, 2.24) is 14.8 Å². The van der Waals surface area contributed by atoms with E-state index in [1.807, 2.05) is 37.6 Å². The van der Waals surface area contributed by atoms with Gasteiger partial charge < -0.3 is 14.6 Å². The highest BCUT2D eigenvalue weighted by molar-refractivity contribution is 7.99. The quantitative estimate of drug-likeness (QED) is 0.432. The van der Waals surface area contributed by atoms with Gasteiger partial charge in [-0.15, -0.1) is 21.5 Å². The number of nitriles is 1. The summed E-state index contributed by atoms with van der Waals surface area (Å²) in [7, 11) is 1.84. The summed E-state index contributed by atoms with van der Waals surface area (Å²) in [5.74, 6) is 1.22. The molecule has 1 unspecified atom stereocenters. The Morgan fingerprint density at radius 2 is 2.18 bits per heavy atom. The molecule has 0 saturated heterocycles. The molecule has 1 atom stereocenters. The van der Waals surface area contributed by atoms with Crippen LogP contribution in [0.25, 0.3) is 0 Å². The molecule has 0 radical (unpaired) electrons. The Balaban J connectivity index is 1.39. The van der Waals surface area contributed by atoms with Crippen LogP contribution in [-0.4, -0.2) is 26.4 Å². The Labute approximate surface area is 206 Å². The molecule has 0 bridgehead atoms.